The predicted molar refractivity (Wildman–Crippen MR) is 115 cm³/mol. The first-order valence-corrected chi connectivity index (χ1v) is 10.3. The molecular formula is C20H27ClN6O2. The lowest BCUT2D eigenvalue weighted by Crippen LogP contribution is -2.23. The van der Waals surface area contributed by atoms with Gasteiger partial charge in [0.05, 0.1) is 4.92 Å². The molecule has 0 amide bonds. The Balaban J connectivity index is 1.70. The molecule has 9 heteroatoms. The Hall–Kier alpha value is -2.45. The summed E-state index contributed by atoms with van der Waals surface area (Å²) in [6.45, 7) is 1.24. The summed E-state index contributed by atoms with van der Waals surface area (Å²) in [5.41, 5.74) is 12.9. The second kappa shape index (κ2) is 9.84. The van der Waals surface area contributed by atoms with Gasteiger partial charge >= 0.3 is 5.69 Å². The van der Waals surface area contributed by atoms with Crippen molar-refractivity contribution in [2.24, 2.45) is 17.6 Å². The summed E-state index contributed by atoms with van der Waals surface area (Å²) in [4.78, 5) is 19.6. The molecule has 1 aromatic heterocycles. The summed E-state index contributed by atoms with van der Waals surface area (Å²) in [6.07, 6.45) is 5.31. The molecule has 8 nitrogen and oxygen atoms in total. The molecule has 0 bridgehead atoms. The monoisotopic (exact) mass is 418 g/mol. The van der Waals surface area contributed by atoms with E-state index in [0.29, 0.717) is 54.4 Å². The smallest absolute Gasteiger partial charge is 0.332 e. The van der Waals surface area contributed by atoms with Gasteiger partial charge in [0.1, 0.15) is 5.69 Å². The van der Waals surface area contributed by atoms with Gasteiger partial charge in [0.15, 0.2) is 0 Å². The Labute approximate surface area is 175 Å². The fourth-order valence-corrected chi connectivity index (χ4v) is 4.13. The molecule has 0 spiro atoms. The van der Waals surface area contributed by atoms with Crippen LogP contribution in [0.1, 0.15) is 36.9 Å². The van der Waals surface area contributed by atoms with Gasteiger partial charge < -0.3 is 16.8 Å². The molecule has 5 N–H and O–H groups in total. The summed E-state index contributed by atoms with van der Waals surface area (Å²) in [5, 5.41) is 15.3. The maximum atomic E-state index is 11.5. The maximum absolute atomic E-state index is 11.5. The van der Waals surface area contributed by atoms with E-state index in [-0.39, 0.29) is 11.5 Å². The second-order valence-corrected chi connectivity index (χ2v) is 7.99. The SMILES string of the molecule is NCC1CCC(Cc2nc(NCCc3ccccc3Cl)nc(N)c2[N+](=O)[O-])CC1. The molecule has 0 aliphatic heterocycles. The average Bonchev–Trinajstić information content (AvgIpc) is 2.69. The lowest BCUT2D eigenvalue weighted by atomic mass is 9.80. The van der Waals surface area contributed by atoms with E-state index in [4.69, 9.17) is 23.1 Å². The molecule has 0 unspecified atom stereocenters. The summed E-state index contributed by atoms with van der Waals surface area (Å²) in [7, 11) is 0. The van der Waals surface area contributed by atoms with Crippen molar-refractivity contribution in [3.05, 3.63) is 50.7 Å². The zero-order valence-electron chi connectivity index (χ0n) is 16.3. The maximum Gasteiger partial charge on any atom is 0.332 e. The van der Waals surface area contributed by atoms with Gasteiger partial charge in [-0.2, -0.15) is 4.98 Å². The van der Waals surface area contributed by atoms with Crippen molar-refractivity contribution in [3.8, 4) is 0 Å². The topological polar surface area (TPSA) is 133 Å². The zero-order chi connectivity index (χ0) is 20.8. The highest BCUT2D eigenvalue weighted by molar-refractivity contribution is 6.31. The van der Waals surface area contributed by atoms with Gasteiger partial charge in [-0.25, -0.2) is 4.98 Å². The lowest BCUT2D eigenvalue weighted by molar-refractivity contribution is -0.385. The molecule has 1 heterocycles. The summed E-state index contributed by atoms with van der Waals surface area (Å²) < 4.78 is 0. The van der Waals surface area contributed by atoms with Crippen LogP contribution in [0.4, 0.5) is 17.5 Å². The minimum absolute atomic E-state index is 0.101. The molecule has 1 aliphatic rings. The quantitative estimate of drug-likeness (QED) is 0.440. The third kappa shape index (κ3) is 5.55. The number of nitrogens with one attached hydrogen (secondary N) is 1. The molecule has 156 valence electrons. The van der Waals surface area contributed by atoms with Gasteiger partial charge in [-0.05, 0) is 68.5 Å². The van der Waals surface area contributed by atoms with E-state index in [1.165, 1.54) is 0 Å². The van der Waals surface area contributed by atoms with Crippen LogP contribution in [0.5, 0.6) is 0 Å². The van der Waals surface area contributed by atoms with E-state index in [2.05, 4.69) is 15.3 Å². The molecule has 0 saturated heterocycles. The molecule has 3 rings (SSSR count). The fraction of sp³-hybridized carbons (Fsp3) is 0.500. The van der Waals surface area contributed by atoms with Crippen molar-refractivity contribution < 1.29 is 4.92 Å². The van der Waals surface area contributed by atoms with Gasteiger partial charge in [-0.3, -0.25) is 10.1 Å². The number of hydrogen-bond donors (Lipinski definition) is 3. The van der Waals surface area contributed by atoms with E-state index >= 15 is 0 Å². The van der Waals surface area contributed by atoms with Gasteiger partial charge in [0, 0.05) is 11.6 Å². The predicted octanol–water partition coefficient (Wildman–Crippen LogP) is 3.58. The Morgan fingerprint density at radius 2 is 1.86 bits per heavy atom. The van der Waals surface area contributed by atoms with Crippen LogP contribution < -0.4 is 16.8 Å². The van der Waals surface area contributed by atoms with E-state index < -0.39 is 4.92 Å². The minimum atomic E-state index is -0.482. The van der Waals surface area contributed by atoms with Crippen LogP contribution in [0.3, 0.4) is 0 Å². The third-order valence-electron chi connectivity index (χ3n) is 5.58. The van der Waals surface area contributed by atoms with Crippen LogP contribution in [0.25, 0.3) is 0 Å². The molecule has 2 aromatic rings. The van der Waals surface area contributed by atoms with Crippen molar-refractivity contribution in [2.45, 2.75) is 38.5 Å². The van der Waals surface area contributed by atoms with E-state index in [1.54, 1.807) is 0 Å². The van der Waals surface area contributed by atoms with Crippen LogP contribution in [0.15, 0.2) is 24.3 Å². The fourth-order valence-electron chi connectivity index (χ4n) is 3.90. The van der Waals surface area contributed by atoms with Crippen molar-refractivity contribution >= 4 is 29.1 Å². The Morgan fingerprint density at radius 3 is 2.52 bits per heavy atom. The lowest BCUT2D eigenvalue weighted by Gasteiger charge is -2.27. The summed E-state index contributed by atoms with van der Waals surface area (Å²) in [6, 6.07) is 7.61. The molecule has 29 heavy (non-hydrogen) atoms. The van der Waals surface area contributed by atoms with Crippen LogP contribution >= 0.6 is 11.6 Å². The second-order valence-electron chi connectivity index (χ2n) is 7.58. The summed E-state index contributed by atoms with van der Waals surface area (Å²) in [5.74, 6) is 1.11. The van der Waals surface area contributed by atoms with Crippen molar-refractivity contribution in [1.82, 2.24) is 9.97 Å². The first kappa shape index (κ1) is 21.3. The number of hydrogen-bond acceptors (Lipinski definition) is 7. The van der Waals surface area contributed by atoms with Crippen molar-refractivity contribution in [1.29, 1.82) is 0 Å². The summed E-state index contributed by atoms with van der Waals surface area (Å²) >= 11 is 6.18. The number of nitrogens with two attached hydrogens (primary N) is 2. The zero-order valence-corrected chi connectivity index (χ0v) is 17.1. The Kier molecular flexibility index (Phi) is 7.22. The van der Waals surface area contributed by atoms with Crippen LogP contribution in [0.2, 0.25) is 5.02 Å². The van der Waals surface area contributed by atoms with Crippen molar-refractivity contribution in [2.75, 3.05) is 24.1 Å². The molecule has 0 atom stereocenters. The first-order valence-electron chi connectivity index (χ1n) is 9.96. The largest absolute Gasteiger partial charge is 0.378 e. The Bertz CT molecular complexity index is 855. The first-order chi connectivity index (χ1) is 14.0. The van der Waals surface area contributed by atoms with Gasteiger partial charge in [-0.1, -0.05) is 29.8 Å². The molecular weight excluding hydrogens is 392 g/mol. The van der Waals surface area contributed by atoms with Gasteiger partial charge in [0.2, 0.25) is 11.8 Å². The van der Waals surface area contributed by atoms with Gasteiger partial charge in [0.25, 0.3) is 0 Å². The Morgan fingerprint density at radius 1 is 1.17 bits per heavy atom. The van der Waals surface area contributed by atoms with Gasteiger partial charge in [-0.15, -0.1) is 0 Å². The number of benzene rings is 1. The molecule has 1 saturated carbocycles. The molecule has 1 fully saturated rings. The molecule has 1 aliphatic carbocycles. The number of aromatic nitrogens is 2. The number of rotatable bonds is 8. The van der Waals surface area contributed by atoms with E-state index in [0.717, 1.165) is 31.2 Å². The van der Waals surface area contributed by atoms with Crippen molar-refractivity contribution in [3.63, 3.8) is 0 Å². The number of nitrogen functional groups attached to an aromatic ring is 1. The highest BCUT2D eigenvalue weighted by atomic mass is 35.5. The number of anilines is 2. The van der Waals surface area contributed by atoms with E-state index in [1.807, 2.05) is 24.3 Å². The normalized spacial score (nSPS) is 19.1. The molecule has 0 radical (unpaired) electrons. The van der Waals surface area contributed by atoms with Crippen LogP contribution in [0, 0.1) is 22.0 Å². The highest BCUT2D eigenvalue weighted by Crippen LogP contribution is 2.34. The minimum Gasteiger partial charge on any atom is -0.378 e. The third-order valence-corrected chi connectivity index (χ3v) is 5.95. The van der Waals surface area contributed by atoms with Crippen LogP contribution in [-0.2, 0) is 12.8 Å². The highest BCUT2D eigenvalue weighted by Gasteiger charge is 2.27. The number of nitrogens with zero attached hydrogens (tertiary/aromatic N) is 3. The average molecular weight is 419 g/mol. The van der Waals surface area contributed by atoms with Crippen LogP contribution in [-0.4, -0.2) is 28.0 Å². The molecule has 1 aromatic carbocycles. The van der Waals surface area contributed by atoms with E-state index in [9.17, 15) is 10.1 Å². The number of nitro groups is 1. The standard InChI is InChI=1S/C20H27ClN6O2/c21-16-4-2-1-3-15(16)9-10-24-20-25-17(18(27(28)29)19(23)26-20)11-13-5-7-14(12-22)8-6-13/h1-4,13-14H,5-12,22H2,(H3,23,24,25,26). The number of halogens is 1.